The molecule has 2 heterocycles. The van der Waals surface area contributed by atoms with Gasteiger partial charge in [-0.05, 0) is 38.0 Å². The van der Waals surface area contributed by atoms with Crippen LogP contribution < -0.4 is 4.74 Å². The third-order valence-corrected chi connectivity index (χ3v) is 4.65. The molecule has 0 unspecified atom stereocenters. The predicted molar refractivity (Wildman–Crippen MR) is 102 cm³/mol. The first kappa shape index (κ1) is 22.2. The number of ketones is 1. The first-order chi connectivity index (χ1) is 14.6. The lowest BCUT2D eigenvalue weighted by Gasteiger charge is -2.10. The molecule has 0 saturated carbocycles. The number of nitrogens with zero attached hydrogens (tertiary/aromatic N) is 4. The van der Waals surface area contributed by atoms with Crippen LogP contribution in [0.3, 0.4) is 0 Å². The van der Waals surface area contributed by atoms with E-state index < -0.39 is 30.4 Å². The minimum Gasteiger partial charge on any atom is -0.496 e. The molecule has 0 spiro atoms. The lowest BCUT2D eigenvalue weighted by Crippen LogP contribution is -2.16. The van der Waals surface area contributed by atoms with Crippen LogP contribution >= 0.6 is 0 Å². The second kappa shape index (κ2) is 8.70. The number of esters is 1. The third-order valence-electron chi connectivity index (χ3n) is 4.65. The van der Waals surface area contributed by atoms with Crippen LogP contribution in [-0.4, -0.2) is 45.1 Å². The standard InChI is InChI=1S/C20H19F3N4O4/c1-11-13(12(2)27-19(24-11)25-18(26-27)20(21,22)23)8-9-17(29)31-10-15(28)14-6-4-5-7-16(14)30-3/h4-7H,8-10H2,1-3H3. The highest BCUT2D eigenvalue weighted by Gasteiger charge is 2.37. The smallest absolute Gasteiger partial charge is 0.453 e. The first-order valence-electron chi connectivity index (χ1n) is 9.23. The van der Waals surface area contributed by atoms with E-state index in [1.165, 1.54) is 7.11 Å². The van der Waals surface area contributed by atoms with E-state index in [0.717, 1.165) is 4.52 Å². The van der Waals surface area contributed by atoms with Crippen molar-refractivity contribution in [3.8, 4) is 5.75 Å². The monoisotopic (exact) mass is 436 g/mol. The summed E-state index contributed by atoms with van der Waals surface area (Å²) in [5.74, 6) is -2.12. The van der Waals surface area contributed by atoms with Gasteiger partial charge in [-0.3, -0.25) is 9.59 Å². The Bertz CT molecular complexity index is 1140. The summed E-state index contributed by atoms with van der Waals surface area (Å²) in [5, 5.41) is 3.47. The molecular weight excluding hydrogens is 417 g/mol. The lowest BCUT2D eigenvalue weighted by molar-refractivity contribution is -0.145. The van der Waals surface area contributed by atoms with E-state index in [0.29, 0.717) is 28.3 Å². The Kier molecular flexibility index (Phi) is 6.23. The fraction of sp³-hybridized carbons (Fsp3) is 0.350. The van der Waals surface area contributed by atoms with E-state index in [9.17, 15) is 22.8 Å². The Labute approximate surface area is 175 Å². The molecule has 0 N–H and O–H groups in total. The zero-order valence-corrected chi connectivity index (χ0v) is 17.0. The molecule has 0 aliphatic heterocycles. The number of Topliss-reactive ketones (excluding diaryl/α,β-unsaturated/α-hetero) is 1. The van der Waals surface area contributed by atoms with Gasteiger partial charge in [-0.2, -0.15) is 18.2 Å². The van der Waals surface area contributed by atoms with Gasteiger partial charge in [0, 0.05) is 17.8 Å². The number of aromatic nitrogens is 4. The van der Waals surface area contributed by atoms with Gasteiger partial charge in [0.1, 0.15) is 5.75 Å². The van der Waals surface area contributed by atoms with E-state index in [-0.39, 0.29) is 18.6 Å². The van der Waals surface area contributed by atoms with E-state index in [1.807, 2.05) is 0 Å². The van der Waals surface area contributed by atoms with Crippen LogP contribution in [0.5, 0.6) is 5.75 Å². The van der Waals surface area contributed by atoms with Gasteiger partial charge >= 0.3 is 12.1 Å². The van der Waals surface area contributed by atoms with Crippen molar-refractivity contribution >= 4 is 17.5 Å². The summed E-state index contributed by atoms with van der Waals surface area (Å²) in [4.78, 5) is 31.8. The van der Waals surface area contributed by atoms with Gasteiger partial charge in [-0.15, -0.1) is 5.10 Å². The predicted octanol–water partition coefficient (Wildman–Crippen LogP) is 3.13. The highest BCUT2D eigenvalue weighted by atomic mass is 19.4. The van der Waals surface area contributed by atoms with E-state index in [1.54, 1.807) is 38.1 Å². The van der Waals surface area contributed by atoms with Crippen LogP contribution in [0.1, 0.15) is 39.6 Å². The maximum atomic E-state index is 12.9. The number of para-hydroxylation sites is 1. The zero-order chi connectivity index (χ0) is 22.8. The van der Waals surface area contributed by atoms with Crippen molar-refractivity contribution in [3.63, 3.8) is 0 Å². The number of hydrogen-bond acceptors (Lipinski definition) is 7. The van der Waals surface area contributed by atoms with E-state index >= 15 is 0 Å². The Morgan fingerprint density at radius 2 is 1.84 bits per heavy atom. The summed E-state index contributed by atoms with van der Waals surface area (Å²) in [6.07, 6.45) is -4.62. The van der Waals surface area contributed by atoms with Gasteiger partial charge < -0.3 is 9.47 Å². The van der Waals surface area contributed by atoms with Gasteiger partial charge in [0.2, 0.25) is 5.78 Å². The fourth-order valence-electron chi connectivity index (χ4n) is 3.09. The van der Waals surface area contributed by atoms with Gasteiger partial charge in [0.15, 0.2) is 6.61 Å². The number of halogens is 3. The molecule has 0 atom stereocenters. The topological polar surface area (TPSA) is 95.7 Å². The maximum Gasteiger partial charge on any atom is 0.453 e. The molecule has 3 aromatic rings. The Morgan fingerprint density at radius 3 is 2.52 bits per heavy atom. The van der Waals surface area contributed by atoms with Crippen LogP contribution in [-0.2, 0) is 22.1 Å². The Balaban J connectivity index is 1.66. The summed E-state index contributed by atoms with van der Waals surface area (Å²) in [5.41, 5.74) is 1.68. The van der Waals surface area contributed by atoms with Crippen molar-refractivity contribution in [3.05, 3.63) is 52.6 Å². The summed E-state index contributed by atoms with van der Waals surface area (Å²) in [6.45, 7) is 2.73. The molecule has 2 aromatic heterocycles. The highest BCUT2D eigenvalue weighted by molar-refractivity contribution is 6.00. The van der Waals surface area contributed by atoms with Gasteiger partial charge in [-0.25, -0.2) is 9.50 Å². The average Bonchev–Trinajstić information content (AvgIpc) is 3.16. The summed E-state index contributed by atoms with van der Waals surface area (Å²) >= 11 is 0. The SMILES string of the molecule is COc1ccccc1C(=O)COC(=O)CCc1c(C)nc2nc(C(F)(F)F)nn2c1C. The third kappa shape index (κ3) is 4.81. The van der Waals surface area contributed by atoms with E-state index in [2.05, 4.69) is 15.1 Å². The normalized spacial score (nSPS) is 11.5. The molecular formula is C20H19F3N4O4. The summed E-state index contributed by atoms with van der Waals surface area (Å²) < 4.78 is 49.8. The van der Waals surface area contributed by atoms with Gasteiger partial charge in [-0.1, -0.05) is 12.1 Å². The lowest BCUT2D eigenvalue weighted by atomic mass is 10.1. The second-order valence-electron chi connectivity index (χ2n) is 6.69. The van der Waals surface area contributed by atoms with Crippen molar-refractivity contribution in [2.75, 3.05) is 13.7 Å². The number of rotatable bonds is 7. The van der Waals surface area contributed by atoms with E-state index in [4.69, 9.17) is 9.47 Å². The quantitative estimate of drug-likeness (QED) is 0.415. The molecule has 11 heteroatoms. The van der Waals surface area contributed by atoms with Crippen molar-refractivity contribution in [2.24, 2.45) is 0 Å². The molecule has 0 fully saturated rings. The summed E-state index contributed by atoms with van der Waals surface area (Å²) in [7, 11) is 1.43. The number of fused-ring (bicyclic) bond motifs is 1. The largest absolute Gasteiger partial charge is 0.496 e. The average molecular weight is 436 g/mol. The van der Waals surface area contributed by atoms with Crippen LogP contribution in [0.15, 0.2) is 24.3 Å². The molecule has 0 bridgehead atoms. The molecule has 31 heavy (non-hydrogen) atoms. The second-order valence-corrected chi connectivity index (χ2v) is 6.69. The van der Waals surface area contributed by atoms with Crippen LogP contribution in [0, 0.1) is 13.8 Å². The first-order valence-corrected chi connectivity index (χ1v) is 9.23. The number of hydrogen-bond donors (Lipinski definition) is 0. The van der Waals surface area contributed by atoms with Crippen molar-refractivity contribution in [1.82, 2.24) is 19.6 Å². The Hall–Kier alpha value is -3.50. The van der Waals surface area contributed by atoms with Crippen molar-refractivity contribution in [2.45, 2.75) is 32.9 Å². The molecule has 1 aromatic carbocycles. The minimum atomic E-state index is -4.69. The molecule has 0 aliphatic rings. The number of methoxy groups -OCH3 is 1. The maximum absolute atomic E-state index is 12.9. The number of carbonyl (C=O) groups is 2. The molecule has 0 radical (unpaired) electrons. The number of alkyl halides is 3. The van der Waals surface area contributed by atoms with Crippen molar-refractivity contribution < 1.29 is 32.2 Å². The number of ether oxygens (including phenoxy) is 2. The van der Waals surface area contributed by atoms with Crippen LogP contribution in [0.25, 0.3) is 5.78 Å². The molecule has 164 valence electrons. The van der Waals surface area contributed by atoms with Crippen LogP contribution in [0.2, 0.25) is 0 Å². The van der Waals surface area contributed by atoms with Crippen LogP contribution in [0.4, 0.5) is 13.2 Å². The highest BCUT2D eigenvalue weighted by Crippen LogP contribution is 2.27. The van der Waals surface area contributed by atoms with Gasteiger partial charge in [0.25, 0.3) is 11.6 Å². The summed E-state index contributed by atoms with van der Waals surface area (Å²) in [6, 6.07) is 6.57. The molecule has 0 amide bonds. The number of aryl methyl sites for hydroxylation is 2. The zero-order valence-electron chi connectivity index (χ0n) is 17.0. The number of carbonyl (C=O) groups excluding carboxylic acids is 2. The molecule has 8 nitrogen and oxygen atoms in total. The number of benzene rings is 1. The molecule has 3 rings (SSSR count). The minimum absolute atomic E-state index is 0.0884. The van der Waals surface area contributed by atoms with Crippen molar-refractivity contribution in [1.29, 1.82) is 0 Å². The fourth-order valence-corrected chi connectivity index (χ4v) is 3.09. The van der Waals surface area contributed by atoms with Gasteiger partial charge in [0.05, 0.1) is 12.7 Å². The molecule has 0 saturated heterocycles. The Morgan fingerprint density at radius 1 is 1.13 bits per heavy atom. The molecule has 0 aliphatic carbocycles.